The summed E-state index contributed by atoms with van der Waals surface area (Å²) in [6.45, 7) is 0. The minimum atomic E-state index is -0.811. The van der Waals surface area contributed by atoms with Crippen LogP contribution in [0, 0.1) is 29.1 Å². The summed E-state index contributed by atoms with van der Waals surface area (Å²) in [5.41, 5.74) is 0.196. The molecule has 1 N–H and O–H groups in total. The third-order valence-corrected chi connectivity index (χ3v) is 5.11. The molecule has 0 aromatic carbocycles. The molecule has 0 aromatic heterocycles. The molecule has 3 aliphatic carbocycles. The Morgan fingerprint density at radius 2 is 1.75 bits per heavy atom. The normalized spacial score (nSPS) is 42.3. The molecule has 3 fully saturated rings. The second-order valence-corrected chi connectivity index (χ2v) is 5.44. The Kier molecular flexibility index (Phi) is 1.89. The molecule has 0 amide bonds. The lowest BCUT2D eigenvalue weighted by atomic mass is 9.79. The van der Waals surface area contributed by atoms with E-state index in [0.29, 0.717) is 0 Å². The topological polar surface area (TPSA) is 63.6 Å². The standard InChI is InChI=1S/C12H16O4/c1-16-11(15)9-7-3-2-6(8(9)10(13)14)12(7)4-5-12/h6-9H,2-5H2,1H3,(H,13,14)/t6-,7-,8-,9-/m1/s1. The molecule has 4 atom stereocenters. The fourth-order valence-corrected chi connectivity index (χ4v) is 4.44. The van der Waals surface area contributed by atoms with Crippen LogP contribution in [0.4, 0.5) is 0 Å². The van der Waals surface area contributed by atoms with Gasteiger partial charge in [-0.25, -0.2) is 0 Å². The van der Waals surface area contributed by atoms with Crippen LogP contribution in [-0.2, 0) is 14.3 Å². The van der Waals surface area contributed by atoms with Crippen LogP contribution in [0.15, 0.2) is 0 Å². The van der Waals surface area contributed by atoms with Crippen LogP contribution in [0.2, 0.25) is 0 Å². The number of methoxy groups -OCH3 is 1. The number of hydrogen-bond acceptors (Lipinski definition) is 3. The summed E-state index contributed by atoms with van der Waals surface area (Å²) in [6.07, 6.45) is 4.21. The number of carboxylic acids is 1. The molecule has 3 saturated carbocycles. The fraction of sp³-hybridized carbons (Fsp3) is 0.833. The van der Waals surface area contributed by atoms with Gasteiger partial charge in [-0.15, -0.1) is 0 Å². The van der Waals surface area contributed by atoms with Crippen molar-refractivity contribution in [2.24, 2.45) is 29.1 Å². The van der Waals surface area contributed by atoms with Crippen molar-refractivity contribution in [2.75, 3.05) is 7.11 Å². The Morgan fingerprint density at radius 1 is 1.19 bits per heavy atom. The van der Waals surface area contributed by atoms with E-state index in [9.17, 15) is 14.7 Å². The van der Waals surface area contributed by atoms with Gasteiger partial charge < -0.3 is 9.84 Å². The molecule has 4 nitrogen and oxygen atoms in total. The zero-order chi connectivity index (χ0) is 11.5. The largest absolute Gasteiger partial charge is 0.481 e. The average molecular weight is 224 g/mol. The molecule has 0 radical (unpaired) electrons. The summed E-state index contributed by atoms with van der Waals surface area (Å²) in [4.78, 5) is 23.1. The minimum absolute atomic E-state index is 0.196. The van der Waals surface area contributed by atoms with Crippen molar-refractivity contribution >= 4 is 11.9 Å². The third kappa shape index (κ3) is 1.00. The number of esters is 1. The third-order valence-electron chi connectivity index (χ3n) is 5.11. The van der Waals surface area contributed by atoms with E-state index in [2.05, 4.69) is 0 Å². The molecule has 3 rings (SSSR count). The summed E-state index contributed by atoms with van der Waals surface area (Å²) in [5.74, 6) is -1.51. The van der Waals surface area contributed by atoms with Gasteiger partial charge in [0.05, 0.1) is 18.9 Å². The summed E-state index contributed by atoms with van der Waals surface area (Å²) in [6, 6.07) is 0. The molecule has 0 heterocycles. The highest BCUT2D eigenvalue weighted by Crippen LogP contribution is 2.74. The second-order valence-electron chi connectivity index (χ2n) is 5.44. The number of carbonyl (C=O) groups is 2. The Hall–Kier alpha value is -1.06. The van der Waals surface area contributed by atoms with Crippen molar-refractivity contribution in [1.29, 1.82) is 0 Å². The molecule has 2 bridgehead atoms. The molecular formula is C12H16O4. The molecule has 88 valence electrons. The van der Waals surface area contributed by atoms with Gasteiger partial charge in [0, 0.05) is 0 Å². The van der Waals surface area contributed by atoms with Crippen molar-refractivity contribution in [3.8, 4) is 0 Å². The van der Waals surface area contributed by atoms with Gasteiger partial charge in [0.2, 0.25) is 0 Å². The molecule has 1 spiro atoms. The lowest BCUT2D eigenvalue weighted by Gasteiger charge is -2.25. The molecule has 0 saturated heterocycles. The highest BCUT2D eigenvalue weighted by Gasteiger charge is 2.72. The fourth-order valence-electron chi connectivity index (χ4n) is 4.44. The summed E-state index contributed by atoms with van der Waals surface area (Å²) < 4.78 is 4.79. The van der Waals surface area contributed by atoms with Crippen LogP contribution in [0.3, 0.4) is 0 Å². The highest BCUT2D eigenvalue weighted by atomic mass is 16.5. The Labute approximate surface area is 94.0 Å². The molecular weight excluding hydrogens is 208 g/mol. The lowest BCUT2D eigenvalue weighted by Crippen LogP contribution is -2.35. The van der Waals surface area contributed by atoms with Crippen LogP contribution in [-0.4, -0.2) is 24.2 Å². The Bertz CT molecular complexity index is 358. The maximum absolute atomic E-state index is 11.7. The Balaban J connectivity index is 1.97. The van der Waals surface area contributed by atoms with E-state index >= 15 is 0 Å². The summed E-state index contributed by atoms with van der Waals surface area (Å²) >= 11 is 0. The average Bonchev–Trinajstić information content (AvgIpc) is 2.92. The van der Waals surface area contributed by atoms with Gasteiger partial charge in [-0.1, -0.05) is 0 Å². The minimum Gasteiger partial charge on any atom is -0.481 e. The van der Waals surface area contributed by atoms with Gasteiger partial charge in [-0.3, -0.25) is 9.59 Å². The van der Waals surface area contributed by atoms with Crippen molar-refractivity contribution in [3.05, 3.63) is 0 Å². The first kappa shape index (κ1) is 10.1. The van der Waals surface area contributed by atoms with E-state index in [1.54, 1.807) is 0 Å². The number of rotatable bonds is 2. The van der Waals surface area contributed by atoms with Crippen molar-refractivity contribution in [3.63, 3.8) is 0 Å². The van der Waals surface area contributed by atoms with Crippen LogP contribution >= 0.6 is 0 Å². The predicted octanol–water partition coefficient (Wildman–Crippen LogP) is 1.30. The molecule has 0 unspecified atom stereocenters. The number of carboxylic acid groups (broad SMARTS) is 1. The SMILES string of the molecule is COC(=O)[C@H]1[C@H](C(=O)O)[C@H]2CC[C@H]1C21CC1. The maximum atomic E-state index is 11.7. The van der Waals surface area contributed by atoms with Gasteiger partial charge in [-0.2, -0.15) is 0 Å². The molecule has 4 heteroatoms. The highest BCUT2D eigenvalue weighted by molar-refractivity contribution is 5.83. The van der Waals surface area contributed by atoms with E-state index < -0.39 is 11.9 Å². The number of ether oxygens (including phenoxy) is 1. The lowest BCUT2D eigenvalue weighted by molar-refractivity contribution is -0.158. The van der Waals surface area contributed by atoms with Crippen molar-refractivity contribution in [1.82, 2.24) is 0 Å². The number of hydrogen-bond donors (Lipinski definition) is 1. The first-order valence-electron chi connectivity index (χ1n) is 5.92. The quantitative estimate of drug-likeness (QED) is 0.718. The van der Waals surface area contributed by atoms with Gasteiger partial charge in [0.25, 0.3) is 0 Å². The van der Waals surface area contributed by atoms with Crippen molar-refractivity contribution in [2.45, 2.75) is 25.7 Å². The molecule has 3 aliphatic rings. The zero-order valence-corrected chi connectivity index (χ0v) is 9.31. The first-order chi connectivity index (χ1) is 7.62. The zero-order valence-electron chi connectivity index (χ0n) is 9.31. The van der Waals surface area contributed by atoms with Crippen LogP contribution in [0.1, 0.15) is 25.7 Å². The predicted molar refractivity (Wildman–Crippen MR) is 54.5 cm³/mol. The maximum Gasteiger partial charge on any atom is 0.309 e. The summed E-state index contributed by atoms with van der Waals surface area (Å²) in [5, 5.41) is 9.30. The van der Waals surface area contributed by atoms with Gasteiger partial charge >= 0.3 is 11.9 Å². The first-order valence-corrected chi connectivity index (χ1v) is 5.92. The number of aliphatic carboxylic acids is 1. The van der Waals surface area contributed by atoms with Crippen LogP contribution < -0.4 is 0 Å². The molecule has 0 aliphatic heterocycles. The summed E-state index contributed by atoms with van der Waals surface area (Å²) in [7, 11) is 1.35. The van der Waals surface area contributed by atoms with Gasteiger partial charge in [0.15, 0.2) is 0 Å². The van der Waals surface area contributed by atoms with E-state index in [1.807, 2.05) is 0 Å². The van der Waals surface area contributed by atoms with E-state index in [4.69, 9.17) is 4.74 Å². The van der Waals surface area contributed by atoms with Crippen molar-refractivity contribution < 1.29 is 19.4 Å². The van der Waals surface area contributed by atoms with Gasteiger partial charge in [0.1, 0.15) is 0 Å². The number of carbonyl (C=O) groups excluding carboxylic acids is 1. The molecule has 16 heavy (non-hydrogen) atoms. The smallest absolute Gasteiger partial charge is 0.309 e. The van der Waals surface area contributed by atoms with Crippen LogP contribution in [0.25, 0.3) is 0 Å². The van der Waals surface area contributed by atoms with E-state index in [1.165, 1.54) is 7.11 Å². The van der Waals surface area contributed by atoms with Crippen LogP contribution in [0.5, 0.6) is 0 Å². The van der Waals surface area contributed by atoms with Gasteiger partial charge in [-0.05, 0) is 42.9 Å². The second kappa shape index (κ2) is 2.99. The van der Waals surface area contributed by atoms with E-state index in [0.717, 1.165) is 25.7 Å². The van der Waals surface area contributed by atoms with E-state index in [-0.39, 0.29) is 29.1 Å². The molecule has 0 aromatic rings. The Morgan fingerprint density at radius 3 is 2.19 bits per heavy atom. The monoisotopic (exact) mass is 224 g/mol.